The summed E-state index contributed by atoms with van der Waals surface area (Å²) in [6, 6.07) is 6.58. The summed E-state index contributed by atoms with van der Waals surface area (Å²) in [6.07, 6.45) is 2.74. The average molecular weight is 494 g/mol. The third kappa shape index (κ3) is 5.43. The van der Waals surface area contributed by atoms with Gasteiger partial charge in [-0.2, -0.15) is 0 Å². The van der Waals surface area contributed by atoms with Crippen molar-refractivity contribution in [3.63, 3.8) is 0 Å². The van der Waals surface area contributed by atoms with Crippen molar-refractivity contribution in [3.8, 4) is 0 Å². The number of benzene rings is 1. The van der Waals surface area contributed by atoms with E-state index in [1.165, 1.54) is 0 Å². The van der Waals surface area contributed by atoms with Crippen molar-refractivity contribution in [1.82, 2.24) is 10.2 Å². The molecule has 1 aromatic rings. The summed E-state index contributed by atoms with van der Waals surface area (Å²) >= 11 is 6.03. The topological polar surface area (TPSA) is 116 Å². The van der Waals surface area contributed by atoms with Gasteiger partial charge in [-0.05, 0) is 55.7 Å². The lowest BCUT2D eigenvalue weighted by Crippen LogP contribution is -2.60. The molecular weight excluding hydrogens is 454 g/mol. The Balaban J connectivity index is 1.70. The van der Waals surface area contributed by atoms with E-state index in [0.29, 0.717) is 50.2 Å². The Labute approximate surface area is 208 Å². The van der Waals surface area contributed by atoms with E-state index in [9.17, 15) is 19.8 Å². The number of aliphatic hydroxyl groups excluding tert-OH is 1. The van der Waals surface area contributed by atoms with Crippen molar-refractivity contribution in [2.45, 2.75) is 77.0 Å². The van der Waals surface area contributed by atoms with Crippen LogP contribution >= 0.6 is 11.6 Å². The fourth-order valence-corrected chi connectivity index (χ4v) is 5.71. The van der Waals surface area contributed by atoms with E-state index in [2.05, 4.69) is 5.32 Å². The van der Waals surface area contributed by atoms with E-state index in [-0.39, 0.29) is 30.3 Å². The Bertz CT molecular complexity index is 891. The van der Waals surface area contributed by atoms with E-state index >= 15 is 0 Å². The molecule has 1 aromatic carbocycles. The van der Waals surface area contributed by atoms with Gasteiger partial charge in [0.1, 0.15) is 6.04 Å². The first-order valence-electron chi connectivity index (χ1n) is 12.3. The van der Waals surface area contributed by atoms with Gasteiger partial charge in [0.15, 0.2) is 0 Å². The minimum absolute atomic E-state index is 0.00502. The number of rotatable bonds is 7. The van der Waals surface area contributed by atoms with Crippen LogP contribution in [0.3, 0.4) is 0 Å². The summed E-state index contributed by atoms with van der Waals surface area (Å²) < 4.78 is 0. The van der Waals surface area contributed by atoms with Crippen LogP contribution in [0.15, 0.2) is 24.3 Å². The average Bonchev–Trinajstić information content (AvgIpc) is 3.15. The number of carbonyl (C=O) groups is 2. The molecule has 5 N–H and O–H groups in total. The van der Waals surface area contributed by atoms with Crippen molar-refractivity contribution in [2.75, 3.05) is 19.7 Å². The lowest BCUT2D eigenvalue weighted by atomic mass is 9.66. The zero-order chi connectivity index (χ0) is 25.3. The Morgan fingerprint density at radius 1 is 1.24 bits per heavy atom. The summed E-state index contributed by atoms with van der Waals surface area (Å²) in [5.41, 5.74) is 4.91. The smallest absolute Gasteiger partial charge is 0.245 e. The van der Waals surface area contributed by atoms with Crippen LogP contribution < -0.4 is 11.1 Å². The van der Waals surface area contributed by atoms with E-state index in [1.807, 2.05) is 39.8 Å². The summed E-state index contributed by atoms with van der Waals surface area (Å²) in [5.74, 6) is -0.607. The Morgan fingerprint density at radius 2 is 1.88 bits per heavy atom. The van der Waals surface area contributed by atoms with E-state index < -0.39 is 22.6 Å². The summed E-state index contributed by atoms with van der Waals surface area (Å²) in [6.45, 7) is 8.55. The molecule has 4 atom stereocenters. The fourth-order valence-electron chi connectivity index (χ4n) is 5.58. The number of amides is 2. The highest BCUT2D eigenvalue weighted by molar-refractivity contribution is 6.30. The van der Waals surface area contributed by atoms with Crippen LogP contribution in [0.5, 0.6) is 0 Å². The van der Waals surface area contributed by atoms with Gasteiger partial charge in [0, 0.05) is 41.6 Å². The number of likely N-dealkylation sites (tertiary alicyclic amines) is 1. The molecule has 0 radical (unpaired) electrons. The van der Waals surface area contributed by atoms with Gasteiger partial charge in [0.05, 0.1) is 5.60 Å². The largest absolute Gasteiger partial charge is 0.396 e. The molecule has 1 saturated heterocycles. The second-order valence-electron chi connectivity index (χ2n) is 11.3. The third-order valence-corrected chi connectivity index (χ3v) is 8.19. The molecule has 2 fully saturated rings. The third-order valence-electron chi connectivity index (χ3n) is 7.94. The Hall–Kier alpha value is -1.67. The number of nitrogens with two attached hydrogens (primary N) is 1. The molecule has 1 heterocycles. The van der Waals surface area contributed by atoms with Gasteiger partial charge in [-0.15, -0.1) is 0 Å². The molecule has 190 valence electrons. The van der Waals surface area contributed by atoms with Crippen LogP contribution in [0.4, 0.5) is 0 Å². The SMILES string of the molecule is CC(C)[C@@H](NC(=O)[C@@H]1CCC(N)(CCO)C1)C(=O)N1CC[C@](O)(c2ccc(Cl)cc2)C(C)(C)C1. The second-order valence-corrected chi connectivity index (χ2v) is 11.7. The van der Waals surface area contributed by atoms with Gasteiger partial charge in [-0.25, -0.2) is 0 Å². The van der Waals surface area contributed by atoms with Gasteiger partial charge >= 0.3 is 0 Å². The molecule has 3 rings (SSSR count). The minimum Gasteiger partial charge on any atom is -0.396 e. The Morgan fingerprint density at radius 3 is 2.44 bits per heavy atom. The van der Waals surface area contributed by atoms with Crippen molar-refractivity contribution in [3.05, 3.63) is 34.9 Å². The molecule has 1 unspecified atom stereocenters. The number of nitrogens with zero attached hydrogens (tertiary/aromatic N) is 1. The first-order chi connectivity index (χ1) is 15.8. The van der Waals surface area contributed by atoms with Crippen LogP contribution in [0.2, 0.25) is 5.02 Å². The number of hydrogen-bond donors (Lipinski definition) is 4. The first kappa shape index (κ1) is 26.9. The molecular formula is C26H40ClN3O4. The zero-order valence-electron chi connectivity index (χ0n) is 20.8. The van der Waals surface area contributed by atoms with Crippen LogP contribution in [-0.4, -0.2) is 58.2 Å². The highest BCUT2D eigenvalue weighted by atomic mass is 35.5. The summed E-state index contributed by atoms with van der Waals surface area (Å²) in [4.78, 5) is 28.4. The maximum atomic E-state index is 13.6. The number of nitrogens with one attached hydrogen (secondary N) is 1. The van der Waals surface area contributed by atoms with Crippen molar-refractivity contribution in [1.29, 1.82) is 0 Å². The van der Waals surface area contributed by atoms with Crippen LogP contribution in [0.1, 0.15) is 65.4 Å². The number of carbonyl (C=O) groups excluding carboxylic acids is 2. The maximum Gasteiger partial charge on any atom is 0.245 e. The van der Waals surface area contributed by atoms with Gasteiger partial charge < -0.3 is 26.2 Å². The predicted molar refractivity (Wildman–Crippen MR) is 133 cm³/mol. The van der Waals surface area contributed by atoms with E-state index in [0.717, 1.165) is 5.56 Å². The highest BCUT2D eigenvalue weighted by Crippen LogP contribution is 2.46. The monoisotopic (exact) mass is 493 g/mol. The molecule has 0 spiro atoms. The quantitative estimate of drug-likeness (QED) is 0.466. The molecule has 1 aliphatic carbocycles. The second kappa shape index (κ2) is 10.1. The van der Waals surface area contributed by atoms with Crippen LogP contribution in [0.25, 0.3) is 0 Å². The molecule has 2 amide bonds. The molecule has 2 aliphatic rings. The van der Waals surface area contributed by atoms with Crippen molar-refractivity contribution < 1.29 is 19.8 Å². The zero-order valence-corrected chi connectivity index (χ0v) is 21.6. The van der Waals surface area contributed by atoms with E-state index in [1.54, 1.807) is 17.0 Å². The van der Waals surface area contributed by atoms with E-state index in [4.69, 9.17) is 17.3 Å². The molecule has 8 heteroatoms. The highest BCUT2D eigenvalue weighted by Gasteiger charge is 2.50. The normalized spacial score (nSPS) is 29.8. The number of aliphatic hydroxyl groups is 2. The van der Waals surface area contributed by atoms with Crippen LogP contribution in [-0.2, 0) is 15.2 Å². The van der Waals surface area contributed by atoms with Crippen LogP contribution in [0, 0.1) is 17.3 Å². The van der Waals surface area contributed by atoms with Crippen molar-refractivity contribution >= 4 is 23.4 Å². The molecule has 1 saturated carbocycles. The van der Waals surface area contributed by atoms with Gasteiger partial charge in [-0.1, -0.05) is 51.4 Å². The number of halogens is 1. The standard InChI is InChI=1S/C26H40ClN3O4/c1-17(2)21(29-22(32)18-9-10-25(28,15-18)12-14-31)23(33)30-13-11-26(34,24(3,4)16-30)19-5-7-20(27)8-6-19/h5-8,17-18,21,31,34H,9-16,28H2,1-4H3,(H,29,32)/t18-,21-,25?,26+/m1/s1. The molecule has 7 nitrogen and oxygen atoms in total. The molecule has 0 bridgehead atoms. The molecule has 0 aromatic heterocycles. The maximum absolute atomic E-state index is 13.6. The number of piperidine rings is 1. The summed E-state index contributed by atoms with van der Waals surface area (Å²) in [7, 11) is 0. The molecule has 1 aliphatic heterocycles. The summed E-state index contributed by atoms with van der Waals surface area (Å²) in [5, 5.41) is 24.5. The Kier molecular flexibility index (Phi) is 8.03. The van der Waals surface area contributed by atoms with Crippen molar-refractivity contribution in [2.24, 2.45) is 23.0 Å². The molecule has 34 heavy (non-hydrogen) atoms. The fraction of sp³-hybridized carbons (Fsp3) is 0.692. The first-order valence-corrected chi connectivity index (χ1v) is 12.7. The lowest BCUT2D eigenvalue weighted by Gasteiger charge is -2.51. The number of hydrogen-bond acceptors (Lipinski definition) is 5. The van der Waals surface area contributed by atoms with Gasteiger partial charge in [0.2, 0.25) is 11.8 Å². The predicted octanol–water partition coefficient (Wildman–Crippen LogP) is 2.81. The van der Waals surface area contributed by atoms with Gasteiger partial charge in [-0.3, -0.25) is 9.59 Å². The lowest BCUT2D eigenvalue weighted by molar-refractivity contribution is -0.157. The minimum atomic E-state index is -1.09. The van der Waals surface area contributed by atoms with Gasteiger partial charge in [0.25, 0.3) is 0 Å².